The van der Waals surface area contributed by atoms with Gasteiger partial charge in [0.25, 0.3) is 0 Å². The van der Waals surface area contributed by atoms with Crippen LogP contribution in [-0.4, -0.2) is 37.8 Å². The average molecular weight is 267 g/mol. The van der Waals surface area contributed by atoms with Crippen LogP contribution < -0.4 is 10.6 Å². The predicted octanol–water partition coefficient (Wildman–Crippen LogP) is 2.44. The summed E-state index contributed by atoms with van der Waals surface area (Å²) in [4.78, 5) is 4.30. The van der Waals surface area contributed by atoms with Gasteiger partial charge >= 0.3 is 0 Å². The molecule has 19 heavy (non-hydrogen) atoms. The van der Waals surface area contributed by atoms with Crippen LogP contribution in [0.2, 0.25) is 0 Å². The number of hydrogen-bond donors (Lipinski definition) is 2. The summed E-state index contributed by atoms with van der Waals surface area (Å²) in [5.41, 5.74) is 0.0371. The Kier molecular flexibility index (Phi) is 5.49. The van der Waals surface area contributed by atoms with Crippen LogP contribution in [0.25, 0.3) is 0 Å². The summed E-state index contributed by atoms with van der Waals surface area (Å²) >= 11 is 0. The molecule has 4 nitrogen and oxygen atoms in total. The molecule has 0 saturated heterocycles. The third-order valence-electron chi connectivity index (χ3n) is 4.10. The zero-order valence-electron chi connectivity index (χ0n) is 12.5. The van der Waals surface area contributed by atoms with Crippen molar-refractivity contribution in [2.24, 2.45) is 4.99 Å². The van der Waals surface area contributed by atoms with Gasteiger partial charge < -0.3 is 15.4 Å². The first-order valence-electron chi connectivity index (χ1n) is 7.89. The number of aliphatic imine (C=N–C) groups is 1. The third kappa shape index (κ3) is 4.68. The first-order chi connectivity index (χ1) is 9.28. The van der Waals surface area contributed by atoms with Gasteiger partial charge in [-0.2, -0.15) is 0 Å². The van der Waals surface area contributed by atoms with E-state index in [1.54, 1.807) is 0 Å². The van der Waals surface area contributed by atoms with E-state index in [1.165, 1.54) is 44.9 Å². The molecule has 0 aromatic heterocycles. The maximum atomic E-state index is 6.19. The lowest BCUT2D eigenvalue weighted by Gasteiger charge is -2.37. The summed E-state index contributed by atoms with van der Waals surface area (Å²) in [6, 6.07) is 0.644. The monoisotopic (exact) mass is 267 g/mol. The van der Waals surface area contributed by atoms with Crippen LogP contribution in [0.15, 0.2) is 4.99 Å². The zero-order chi connectivity index (χ0) is 13.6. The predicted molar refractivity (Wildman–Crippen MR) is 79.6 cm³/mol. The Balaban J connectivity index is 1.83. The van der Waals surface area contributed by atoms with Crippen LogP contribution in [-0.2, 0) is 4.74 Å². The third-order valence-corrected chi connectivity index (χ3v) is 4.10. The van der Waals surface area contributed by atoms with Crippen molar-refractivity contribution in [2.45, 2.75) is 69.9 Å². The number of nitrogens with zero attached hydrogens (tertiary/aromatic N) is 1. The molecule has 4 heteroatoms. The molecule has 2 fully saturated rings. The Labute approximate surface area is 117 Å². The van der Waals surface area contributed by atoms with E-state index in [0.29, 0.717) is 6.04 Å². The lowest BCUT2D eigenvalue weighted by molar-refractivity contribution is -0.0657. The molecule has 0 aliphatic heterocycles. The normalized spacial score (nSPS) is 23.2. The Morgan fingerprint density at radius 2 is 2.00 bits per heavy atom. The van der Waals surface area contributed by atoms with Gasteiger partial charge in [0.1, 0.15) is 0 Å². The summed E-state index contributed by atoms with van der Waals surface area (Å²) < 4.78 is 6.19. The maximum Gasteiger partial charge on any atom is 0.191 e. The highest BCUT2D eigenvalue weighted by molar-refractivity contribution is 5.80. The van der Waals surface area contributed by atoms with Gasteiger partial charge in [-0.1, -0.05) is 26.2 Å². The maximum absolute atomic E-state index is 6.19. The van der Waals surface area contributed by atoms with Gasteiger partial charge in [-0.25, -0.2) is 0 Å². The van der Waals surface area contributed by atoms with Crippen molar-refractivity contribution in [2.75, 3.05) is 20.2 Å². The average Bonchev–Trinajstić information content (AvgIpc) is 3.26. The molecular formula is C15H29N3O. The molecule has 0 heterocycles. The highest BCUT2D eigenvalue weighted by Crippen LogP contribution is 2.31. The van der Waals surface area contributed by atoms with Gasteiger partial charge in [-0.05, 0) is 32.1 Å². The fourth-order valence-electron chi connectivity index (χ4n) is 2.75. The van der Waals surface area contributed by atoms with Gasteiger partial charge in [0, 0.05) is 26.2 Å². The molecule has 2 N–H and O–H groups in total. The van der Waals surface area contributed by atoms with Gasteiger partial charge in [0.2, 0.25) is 0 Å². The van der Waals surface area contributed by atoms with E-state index in [9.17, 15) is 0 Å². The van der Waals surface area contributed by atoms with Crippen LogP contribution in [0.3, 0.4) is 0 Å². The molecule has 2 saturated carbocycles. The number of nitrogens with one attached hydrogen (secondary N) is 2. The minimum absolute atomic E-state index is 0.0371. The summed E-state index contributed by atoms with van der Waals surface area (Å²) in [6.45, 7) is 3.94. The number of guanidine groups is 1. The van der Waals surface area contributed by atoms with Crippen molar-refractivity contribution in [3.8, 4) is 0 Å². The molecule has 0 amide bonds. The van der Waals surface area contributed by atoms with Gasteiger partial charge in [0.15, 0.2) is 5.96 Å². The quantitative estimate of drug-likeness (QED) is 0.574. The van der Waals surface area contributed by atoms with Crippen molar-refractivity contribution in [1.29, 1.82) is 0 Å². The van der Waals surface area contributed by atoms with E-state index in [-0.39, 0.29) is 5.60 Å². The van der Waals surface area contributed by atoms with Crippen molar-refractivity contribution in [3.05, 3.63) is 0 Å². The Morgan fingerprint density at radius 1 is 1.26 bits per heavy atom. The van der Waals surface area contributed by atoms with Crippen LogP contribution in [0, 0.1) is 0 Å². The first kappa shape index (κ1) is 14.6. The highest BCUT2D eigenvalue weighted by atomic mass is 16.5. The van der Waals surface area contributed by atoms with Crippen LogP contribution in [0.1, 0.15) is 58.3 Å². The molecule has 0 aromatic rings. The van der Waals surface area contributed by atoms with E-state index in [1.807, 2.05) is 7.05 Å². The molecule has 2 rings (SSSR count). The first-order valence-corrected chi connectivity index (χ1v) is 7.89. The lowest BCUT2D eigenvalue weighted by atomic mass is 9.84. The van der Waals surface area contributed by atoms with E-state index in [4.69, 9.17) is 4.74 Å². The SMILES string of the molecule is CCCOC1(CNC(=NC)NC2CC2)CCCCC1. The highest BCUT2D eigenvalue weighted by Gasteiger charge is 2.33. The second-order valence-corrected chi connectivity index (χ2v) is 5.94. The van der Waals surface area contributed by atoms with Crippen LogP contribution in [0.5, 0.6) is 0 Å². The fourth-order valence-corrected chi connectivity index (χ4v) is 2.75. The van der Waals surface area contributed by atoms with E-state index >= 15 is 0 Å². The molecule has 0 atom stereocenters. The summed E-state index contributed by atoms with van der Waals surface area (Å²) in [6.07, 6.45) is 9.94. The van der Waals surface area contributed by atoms with Crippen LogP contribution >= 0.6 is 0 Å². The van der Waals surface area contributed by atoms with E-state index in [2.05, 4.69) is 22.5 Å². The van der Waals surface area contributed by atoms with Gasteiger partial charge in [-0.3, -0.25) is 4.99 Å². The minimum atomic E-state index is 0.0371. The number of ether oxygens (including phenoxy) is 1. The Morgan fingerprint density at radius 3 is 2.58 bits per heavy atom. The second-order valence-electron chi connectivity index (χ2n) is 5.94. The molecule has 0 spiro atoms. The molecule has 2 aliphatic rings. The van der Waals surface area contributed by atoms with E-state index in [0.717, 1.165) is 25.5 Å². The molecule has 2 aliphatic carbocycles. The summed E-state index contributed by atoms with van der Waals surface area (Å²) in [7, 11) is 1.85. The topological polar surface area (TPSA) is 45.6 Å². The van der Waals surface area contributed by atoms with Gasteiger partial charge in [-0.15, -0.1) is 0 Å². The van der Waals surface area contributed by atoms with Crippen molar-refractivity contribution < 1.29 is 4.74 Å². The number of hydrogen-bond acceptors (Lipinski definition) is 2. The molecule has 0 bridgehead atoms. The van der Waals surface area contributed by atoms with Crippen molar-refractivity contribution in [3.63, 3.8) is 0 Å². The van der Waals surface area contributed by atoms with E-state index < -0.39 is 0 Å². The summed E-state index contributed by atoms with van der Waals surface area (Å²) in [5.74, 6) is 0.938. The zero-order valence-corrected chi connectivity index (χ0v) is 12.5. The lowest BCUT2D eigenvalue weighted by Crippen LogP contribution is -2.50. The standard InChI is InChI=1S/C15H29N3O/c1-3-11-19-15(9-5-4-6-10-15)12-17-14(16-2)18-13-7-8-13/h13H,3-12H2,1-2H3,(H2,16,17,18). The molecule has 0 aromatic carbocycles. The number of rotatable bonds is 6. The Hall–Kier alpha value is -0.770. The largest absolute Gasteiger partial charge is 0.373 e. The molecule has 110 valence electrons. The van der Waals surface area contributed by atoms with Crippen LogP contribution in [0.4, 0.5) is 0 Å². The molecule has 0 unspecified atom stereocenters. The fraction of sp³-hybridized carbons (Fsp3) is 0.933. The van der Waals surface area contributed by atoms with Gasteiger partial charge in [0.05, 0.1) is 5.60 Å². The molecule has 0 radical (unpaired) electrons. The smallest absolute Gasteiger partial charge is 0.191 e. The van der Waals surface area contributed by atoms with Crippen molar-refractivity contribution >= 4 is 5.96 Å². The van der Waals surface area contributed by atoms with Crippen molar-refractivity contribution in [1.82, 2.24) is 10.6 Å². The minimum Gasteiger partial charge on any atom is -0.373 e. The second kappa shape index (κ2) is 7.13. The Bertz CT molecular complexity index is 294. The molecular weight excluding hydrogens is 238 g/mol. The summed E-state index contributed by atoms with van der Waals surface area (Å²) in [5, 5.41) is 6.91.